The first kappa shape index (κ1) is 13.3. The zero-order valence-corrected chi connectivity index (χ0v) is 12.3. The summed E-state index contributed by atoms with van der Waals surface area (Å²) in [4.78, 5) is 4.63. The van der Waals surface area contributed by atoms with Crippen LogP contribution in [0.1, 0.15) is 52.9 Å². The average molecular weight is 254 g/mol. The van der Waals surface area contributed by atoms with Crippen LogP contribution < -0.4 is 5.32 Å². The SMILES string of the molecule is CCC1(CNC2=NCC(CC(C)C)S2)CCC1. The summed E-state index contributed by atoms with van der Waals surface area (Å²) in [7, 11) is 0. The van der Waals surface area contributed by atoms with E-state index < -0.39 is 0 Å². The van der Waals surface area contributed by atoms with Crippen molar-refractivity contribution in [3.05, 3.63) is 0 Å². The Morgan fingerprint density at radius 2 is 2.24 bits per heavy atom. The minimum atomic E-state index is 0.596. The molecule has 1 heterocycles. The normalized spacial score (nSPS) is 26.8. The predicted molar refractivity (Wildman–Crippen MR) is 77.7 cm³/mol. The number of rotatable bonds is 5. The molecule has 1 saturated carbocycles. The molecule has 0 radical (unpaired) electrons. The van der Waals surface area contributed by atoms with Crippen molar-refractivity contribution in [1.82, 2.24) is 5.32 Å². The molecule has 1 fully saturated rings. The zero-order chi connectivity index (χ0) is 12.3. The minimum absolute atomic E-state index is 0.596. The van der Waals surface area contributed by atoms with E-state index in [9.17, 15) is 0 Å². The lowest BCUT2D eigenvalue weighted by molar-refractivity contribution is 0.132. The molecule has 0 amide bonds. The number of amidine groups is 1. The molecule has 1 N–H and O–H groups in total. The number of nitrogens with one attached hydrogen (secondary N) is 1. The maximum atomic E-state index is 4.63. The second kappa shape index (κ2) is 5.64. The maximum Gasteiger partial charge on any atom is 0.156 e. The van der Waals surface area contributed by atoms with E-state index in [2.05, 4.69) is 31.1 Å². The van der Waals surface area contributed by atoms with E-state index in [4.69, 9.17) is 0 Å². The van der Waals surface area contributed by atoms with E-state index in [-0.39, 0.29) is 0 Å². The molecule has 0 spiro atoms. The molecule has 2 aliphatic rings. The molecule has 1 atom stereocenters. The molecule has 0 aromatic carbocycles. The van der Waals surface area contributed by atoms with Crippen LogP contribution in [0.2, 0.25) is 0 Å². The first-order chi connectivity index (χ1) is 8.13. The van der Waals surface area contributed by atoms with Gasteiger partial charge in [-0.05, 0) is 37.0 Å². The van der Waals surface area contributed by atoms with Gasteiger partial charge < -0.3 is 5.32 Å². The predicted octanol–water partition coefficient (Wildman–Crippen LogP) is 3.67. The molecule has 1 unspecified atom stereocenters. The smallest absolute Gasteiger partial charge is 0.156 e. The van der Waals surface area contributed by atoms with Crippen LogP contribution in [-0.4, -0.2) is 23.5 Å². The Hall–Kier alpha value is -0.180. The molecule has 0 bridgehead atoms. The Kier molecular flexibility index (Phi) is 4.40. The van der Waals surface area contributed by atoms with Gasteiger partial charge in [0, 0.05) is 11.8 Å². The highest BCUT2D eigenvalue weighted by Gasteiger charge is 2.35. The summed E-state index contributed by atoms with van der Waals surface area (Å²) in [6, 6.07) is 0. The third kappa shape index (κ3) is 3.40. The Bertz CT molecular complexity index is 276. The van der Waals surface area contributed by atoms with Gasteiger partial charge in [-0.2, -0.15) is 0 Å². The molecule has 0 aromatic heterocycles. The number of aliphatic imine (C=N–C) groups is 1. The molecule has 2 nitrogen and oxygen atoms in total. The van der Waals surface area contributed by atoms with Gasteiger partial charge in [0.05, 0.1) is 6.54 Å². The van der Waals surface area contributed by atoms with Gasteiger partial charge >= 0.3 is 0 Å². The first-order valence-electron chi connectivity index (χ1n) is 7.08. The van der Waals surface area contributed by atoms with E-state index in [1.807, 2.05) is 11.8 Å². The summed E-state index contributed by atoms with van der Waals surface area (Å²) in [6.07, 6.45) is 6.84. The van der Waals surface area contributed by atoms with Gasteiger partial charge in [-0.3, -0.25) is 4.99 Å². The summed E-state index contributed by atoms with van der Waals surface area (Å²) in [6.45, 7) is 9.08. The second-order valence-electron chi connectivity index (χ2n) is 6.08. The van der Waals surface area contributed by atoms with Gasteiger partial charge in [-0.25, -0.2) is 0 Å². The highest BCUT2D eigenvalue weighted by molar-refractivity contribution is 8.14. The van der Waals surface area contributed by atoms with Crippen molar-refractivity contribution >= 4 is 16.9 Å². The van der Waals surface area contributed by atoms with Gasteiger partial charge in [0.2, 0.25) is 0 Å². The van der Waals surface area contributed by atoms with E-state index in [1.165, 1.54) is 37.3 Å². The Morgan fingerprint density at radius 3 is 2.76 bits per heavy atom. The Balaban J connectivity index is 1.71. The molecule has 1 aliphatic heterocycles. The number of thioether (sulfide) groups is 1. The first-order valence-corrected chi connectivity index (χ1v) is 7.96. The van der Waals surface area contributed by atoms with Crippen LogP contribution in [-0.2, 0) is 0 Å². The van der Waals surface area contributed by atoms with Crippen molar-refractivity contribution in [2.45, 2.75) is 58.1 Å². The monoisotopic (exact) mass is 254 g/mol. The van der Waals surface area contributed by atoms with E-state index in [0.29, 0.717) is 5.41 Å². The lowest BCUT2D eigenvalue weighted by Crippen LogP contribution is -2.40. The summed E-state index contributed by atoms with van der Waals surface area (Å²) >= 11 is 1.96. The summed E-state index contributed by atoms with van der Waals surface area (Å²) in [5.74, 6) is 0.788. The van der Waals surface area contributed by atoms with Crippen LogP contribution in [0.4, 0.5) is 0 Å². The molecule has 17 heavy (non-hydrogen) atoms. The lowest BCUT2D eigenvalue weighted by atomic mass is 9.67. The third-order valence-corrected chi connectivity index (χ3v) is 5.40. The van der Waals surface area contributed by atoms with Crippen LogP contribution >= 0.6 is 11.8 Å². The lowest BCUT2D eigenvalue weighted by Gasteiger charge is -2.41. The van der Waals surface area contributed by atoms with Crippen molar-refractivity contribution in [1.29, 1.82) is 0 Å². The van der Waals surface area contributed by atoms with Gasteiger partial charge in [0.1, 0.15) is 0 Å². The quantitative estimate of drug-likeness (QED) is 0.809. The standard InChI is InChI=1S/C14H26N2S/c1-4-14(6-5-7-14)10-16-13-15-9-12(17-13)8-11(2)3/h11-12H,4-10H2,1-3H3,(H,15,16). The molecular weight excluding hydrogens is 228 g/mol. The average Bonchev–Trinajstić information content (AvgIpc) is 2.64. The van der Waals surface area contributed by atoms with Crippen molar-refractivity contribution in [3.8, 4) is 0 Å². The minimum Gasteiger partial charge on any atom is -0.364 e. The summed E-state index contributed by atoms with van der Waals surface area (Å²) < 4.78 is 0. The number of nitrogens with zero attached hydrogens (tertiary/aromatic N) is 1. The maximum absolute atomic E-state index is 4.63. The Morgan fingerprint density at radius 1 is 1.47 bits per heavy atom. The Labute approximate surface area is 110 Å². The molecule has 0 saturated heterocycles. The van der Waals surface area contributed by atoms with Gasteiger partial charge in [-0.1, -0.05) is 39.0 Å². The summed E-state index contributed by atoms with van der Waals surface area (Å²) in [5.41, 5.74) is 0.596. The molecule has 98 valence electrons. The summed E-state index contributed by atoms with van der Waals surface area (Å²) in [5, 5.41) is 5.51. The van der Waals surface area contributed by atoms with Crippen LogP contribution in [0.5, 0.6) is 0 Å². The molecule has 2 rings (SSSR count). The van der Waals surface area contributed by atoms with Crippen molar-refractivity contribution < 1.29 is 0 Å². The molecule has 3 heteroatoms. The number of hydrogen-bond donors (Lipinski definition) is 1. The second-order valence-corrected chi connectivity index (χ2v) is 7.36. The highest BCUT2D eigenvalue weighted by atomic mass is 32.2. The fourth-order valence-electron chi connectivity index (χ4n) is 2.76. The van der Waals surface area contributed by atoms with E-state index >= 15 is 0 Å². The molecule has 1 aliphatic carbocycles. The molecule has 0 aromatic rings. The fourth-order valence-corrected chi connectivity index (χ4v) is 4.01. The van der Waals surface area contributed by atoms with Crippen molar-refractivity contribution in [2.24, 2.45) is 16.3 Å². The third-order valence-electron chi connectivity index (χ3n) is 4.23. The largest absolute Gasteiger partial charge is 0.364 e. The zero-order valence-electron chi connectivity index (χ0n) is 11.5. The van der Waals surface area contributed by atoms with Crippen LogP contribution in [0, 0.1) is 11.3 Å². The van der Waals surface area contributed by atoms with E-state index in [0.717, 1.165) is 24.3 Å². The van der Waals surface area contributed by atoms with Crippen LogP contribution in [0.3, 0.4) is 0 Å². The van der Waals surface area contributed by atoms with Crippen molar-refractivity contribution in [2.75, 3.05) is 13.1 Å². The highest BCUT2D eigenvalue weighted by Crippen LogP contribution is 2.43. The van der Waals surface area contributed by atoms with Gasteiger partial charge in [-0.15, -0.1) is 0 Å². The van der Waals surface area contributed by atoms with Crippen molar-refractivity contribution in [3.63, 3.8) is 0 Å². The fraction of sp³-hybridized carbons (Fsp3) is 0.929. The van der Waals surface area contributed by atoms with Crippen LogP contribution in [0.15, 0.2) is 4.99 Å². The molecular formula is C14H26N2S. The van der Waals surface area contributed by atoms with Crippen LogP contribution in [0.25, 0.3) is 0 Å². The van der Waals surface area contributed by atoms with Gasteiger partial charge in [0.15, 0.2) is 5.17 Å². The van der Waals surface area contributed by atoms with E-state index in [1.54, 1.807) is 0 Å². The van der Waals surface area contributed by atoms with Gasteiger partial charge in [0.25, 0.3) is 0 Å². The number of hydrogen-bond acceptors (Lipinski definition) is 3. The topological polar surface area (TPSA) is 24.4 Å².